The van der Waals surface area contributed by atoms with Crippen LogP contribution in [0.4, 0.5) is 4.79 Å². The molecule has 114 valence electrons. The van der Waals surface area contributed by atoms with Crippen LogP contribution in [0.5, 0.6) is 0 Å². The van der Waals surface area contributed by atoms with E-state index in [1.54, 1.807) is 13.8 Å². The van der Waals surface area contributed by atoms with Crippen molar-refractivity contribution >= 4 is 29.3 Å². The van der Waals surface area contributed by atoms with Crippen molar-refractivity contribution in [3.8, 4) is 0 Å². The lowest BCUT2D eigenvalue weighted by Gasteiger charge is -2.19. The molecule has 0 aliphatic rings. The molecular formula is C15H18ClNO4. The van der Waals surface area contributed by atoms with Gasteiger partial charge in [-0.3, -0.25) is 9.59 Å². The average Bonchev–Trinajstić information content (AvgIpc) is 2.49. The molecule has 0 aromatic heterocycles. The summed E-state index contributed by atoms with van der Waals surface area (Å²) in [6.45, 7) is 3.54. The summed E-state index contributed by atoms with van der Waals surface area (Å²) in [6, 6.07) is 8.21. The zero-order valence-electron chi connectivity index (χ0n) is 12.0. The van der Waals surface area contributed by atoms with E-state index in [4.69, 9.17) is 16.3 Å². The fourth-order valence-electron chi connectivity index (χ4n) is 1.67. The van der Waals surface area contributed by atoms with Gasteiger partial charge < -0.3 is 10.1 Å². The molecule has 1 rings (SSSR count). The molecule has 1 amide bonds. The summed E-state index contributed by atoms with van der Waals surface area (Å²) in [5.74, 6) is -2.08. The number of ether oxygens (including phenoxy) is 1. The summed E-state index contributed by atoms with van der Waals surface area (Å²) in [5, 5.41) is 2.41. The molecule has 1 atom stereocenters. The molecule has 0 saturated heterocycles. The largest absolute Gasteiger partial charge is 0.445 e. The molecule has 0 aliphatic carbocycles. The van der Waals surface area contributed by atoms with Crippen molar-refractivity contribution in [3.63, 3.8) is 0 Å². The van der Waals surface area contributed by atoms with Crippen LogP contribution in [-0.2, 0) is 20.9 Å². The molecule has 0 radical (unpaired) electrons. The van der Waals surface area contributed by atoms with Gasteiger partial charge >= 0.3 is 6.09 Å². The minimum absolute atomic E-state index is 0.0924. The Balaban J connectivity index is 2.57. The second-order valence-corrected chi connectivity index (χ2v) is 5.12. The Bertz CT molecular complexity index is 502. The van der Waals surface area contributed by atoms with Crippen LogP contribution < -0.4 is 5.32 Å². The summed E-state index contributed by atoms with van der Waals surface area (Å²) in [7, 11) is 0. The summed E-state index contributed by atoms with van der Waals surface area (Å²) in [5.41, 5.74) is 0.830. The van der Waals surface area contributed by atoms with E-state index in [0.29, 0.717) is 0 Å². The molecule has 0 saturated carbocycles. The van der Waals surface area contributed by atoms with Crippen molar-refractivity contribution in [3.05, 3.63) is 35.9 Å². The number of rotatable bonds is 7. The number of hydrogen-bond acceptors (Lipinski definition) is 4. The van der Waals surface area contributed by atoms with Crippen molar-refractivity contribution in [2.24, 2.45) is 5.92 Å². The Morgan fingerprint density at radius 3 is 2.33 bits per heavy atom. The molecule has 6 heteroatoms. The van der Waals surface area contributed by atoms with E-state index >= 15 is 0 Å². The van der Waals surface area contributed by atoms with Crippen LogP contribution in [0.2, 0.25) is 0 Å². The molecule has 0 fully saturated rings. The highest BCUT2D eigenvalue weighted by molar-refractivity contribution is 6.48. The van der Waals surface area contributed by atoms with Gasteiger partial charge in [-0.15, -0.1) is 11.6 Å². The van der Waals surface area contributed by atoms with Crippen LogP contribution in [0.3, 0.4) is 0 Å². The van der Waals surface area contributed by atoms with Crippen LogP contribution in [0.1, 0.15) is 19.4 Å². The molecule has 0 aliphatic heterocycles. The fourth-order valence-corrected chi connectivity index (χ4v) is 1.80. The minimum Gasteiger partial charge on any atom is -0.445 e. The molecule has 5 nitrogen and oxygen atoms in total. The third-order valence-corrected chi connectivity index (χ3v) is 3.07. The fraction of sp³-hybridized carbons (Fsp3) is 0.400. The van der Waals surface area contributed by atoms with Gasteiger partial charge in [0.15, 0.2) is 0 Å². The van der Waals surface area contributed by atoms with E-state index in [1.165, 1.54) is 0 Å². The van der Waals surface area contributed by atoms with E-state index in [0.717, 1.165) is 5.56 Å². The summed E-state index contributed by atoms with van der Waals surface area (Å²) < 4.78 is 5.03. The lowest BCUT2D eigenvalue weighted by molar-refractivity contribution is -0.136. The third kappa shape index (κ3) is 5.55. The van der Waals surface area contributed by atoms with E-state index < -0.39 is 29.6 Å². The number of amides is 1. The van der Waals surface area contributed by atoms with Crippen molar-refractivity contribution in [2.45, 2.75) is 26.5 Å². The van der Waals surface area contributed by atoms with Crippen LogP contribution in [0, 0.1) is 5.92 Å². The molecule has 1 aromatic rings. The Kier molecular flexibility index (Phi) is 6.88. The van der Waals surface area contributed by atoms with Gasteiger partial charge in [0.05, 0.1) is 5.88 Å². The quantitative estimate of drug-likeness (QED) is 0.619. The first kappa shape index (κ1) is 17.2. The number of alkyl halides is 1. The van der Waals surface area contributed by atoms with Crippen molar-refractivity contribution in [1.82, 2.24) is 5.32 Å². The zero-order chi connectivity index (χ0) is 15.8. The van der Waals surface area contributed by atoms with E-state index in [9.17, 15) is 14.4 Å². The normalized spacial score (nSPS) is 11.8. The second kappa shape index (κ2) is 8.42. The highest BCUT2D eigenvalue weighted by Crippen LogP contribution is 2.06. The highest BCUT2D eigenvalue weighted by Gasteiger charge is 2.29. The van der Waals surface area contributed by atoms with Gasteiger partial charge in [0, 0.05) is 0 Å². The number of halogens is 1. The third-order valence-electron chi connectivity index (χ3n) is 2.83. The SMILES string of the molecule is CC(C)[C@H](NC(=O)OCc1ccccc1)C(=O)C(=O)CCl. The van der Waals surface area contributed by atoms with Crippen molar-refractivity contribution in [2.75, 3.05) is 5.88 Å². The summed E-state index contributed by atoms with van der Waals surface area (Å²) in [4.78, 5) is 34.9. The van der Waals surface area contributed by atoms with Crippen LogP contribution in [0.15, 0.2) is 30.3 Å². The van der Waals surface area contributed by atoms with Gasteiger partial charge in [-0.25, -0.2) is 4.79 Å². The van der Waals surface area contributed by atoms with Gasteiger partial charge in [-0.05, 0) is 11.5 Å². The molecule has 0 heterocycles. The predicted molar refractivity (Wildman–Crippen MR) is 79.1 cm³/mol. The molecule has 21 heavy (non-hydrogen) atoms. The van der Waals surface area contributed by atoms with Crippen LogP contribution in [-0.4, -0.2) is 29.6 Å². The molecule has 1 aromatic carbocycles. The number of nitrogens with one attached hydrogen (secondary N) is 1. The van der Waals surface area contributed by atoms with E-state index in [1.807, 2.05) is 30.3 Å². The maximum absolute atomic E-state index is 11.8. The number of hydrogen-bond donors (Lipinski definition) is 1. The highest BCUT2D eigenvalue weighted by atomic mass is 35.5. The summed E-state index contributed by atoms with van der Waals surface area (Å²) in [6.07, 6.45) is -0.742. The Labute approximate surface area is 128 Å². The van der Waals surface area contributed by atoms with Crippen molar-refractivity contribution in [1.29, 1.82) is 0 Å². The number of ketones is 2. The second-order valence-electron chi connectivity index (χ2n) is 4.85. The smallest absolute Gasteiger partial charge is 0.408 e. The number of carbonyl (C=O) groups excluding carboxylic acids is 3. The van der Waals surface area contributed by atoms with Gasteiger partial charge in [0.1, 0.15) is 12.6 Å². The van der Waals surface area contributed by atoms with Gasteiger partial charge in [0.25, 0.3) is 0 Å². The summed E-state index contributed by atoms with van der Waals surface area (Å²) >= 11 is 5.36. The maximum Gasteiger partial charge on any atom is 0.408 e. The standard InChI is InChI=1S/C15H18ClNO4/c1-10(2)13(14(19)12(18)8-16)17-15(20)21-9-11-6-4-3-5-7-11/h3-7,10,13H,8-9H2,1-2H3,(H,17,20)/t13-/m0/s1. The minimum atomic E-state index is -0.931. The van der Waals surface area contributed by atoms with Crippen LogP contribution in [0.25, 0.3) is 0 Å². The lowest BCUT2D eigenvalue weighted by atomic mass is 9.98. The van der Waals surface area contributed by atoms with Crippen molar-refractivity contribution < 1.29 is 19.1 Å². The first-order valence-electron chi connectivity index (χ1n) is 6.56. The van der Waals surface area contributed by atoms with E-state index in [-0.39, 0.29) is 12.5 Å². The predicted octanol–water partition coefficient (Wildman–Crippen LogP) is 2.31. The zero-order valence-corrected chi connectivity index (χ0v) is 12.7. The number of alkyl carbamates (subject to hydrolysis) is 1. The first-order chi connectivity index (χ1) is 9.95. The Morgan fingerprint density at radius 1 is 1.19 bits per heavy atom. The lowest BCUT2D eigenvalue weighted by Crippen LogP contribution is -2.47. The monoisotopic (exact) mass is 311 g/mol. The van der Waals surface area contributed by atoms with E-state index in [2.05, 4.69) is 5.32 Å². The van der Waals surface area contributed by atoms with Gasteiger partial charge in [0.2, 0.25) is 11.6 Å². The number of carbonyl (C=O) groups is 3. The molecular weight excluding hydrogens is 294 g/mol. The topological polar surface area (TPSA) is 72.5 Å². The molecule has 0 unspecified atom stereocenters. The molecule has 0 bridgehead atoms. The number of Topliss-reactive ketones (excluding diaryl/α,β-unsaturated/α-hetero) is 2. The average molecular weight is 312 g/mol. The van der Waals surface area contributed by atoms with Crippen LogP contribution >= 0.6 is 11.6 Å². The van der Waals surface area contributed by atoms with Gasteiger partial charge in [-0.2, -0.15) is 0 Å². The Hall–Kier alpha value is -1.88. The van der Waals surface area contributed by atoms with Gasteiger partial charge in [-0.1, -0.05) is 44.2 Å². The maximum atomic E-state index is 11.8. The Morgan fingerprint density at radius 2 is 1.81 bits per heavy atom. The number of benzene rings is 1. The molecule has 1 N–H and O–H groups in total. The molecule has 0 spiro atoms. The first-order valence-corrected chi connectivity index (χ1v) is 7.09.